The Kier molecular flexibility index (Phi) is 6.41. The molecule has 0 N–H and O–H groups in total. The maximum atomic E-state index is 11.3. The molecule has 20 heavy (non-hydrogen) atoms. The van der Waals surface area contributed by atoms with Gasteiger partial charge in [0.1, 0.15) is 0 Å². The summed E-state index contributed by atoms with van der Waals surface area (Å²) in [4.78, 5) is 23.7. The van der Waals surface area contributed by atoms with E-state index in [-0.39, 0.29) is 18.2 Å². The first kappa shape index (κ1) is 16.4. The lowest BCUT2D eigenvalue weighted by Crippen LogP contribution is -2.31. The maximum Gasteiger partial charge on any atom is 0.319 e. The molecule has 1 aromatic rings. The Bertz CT molecular complexity index is 493. The van der Waals surface area contributed by atoms with Gasteiger partial charge in [0.05, 0.1) is 18.6 Å². The van der Waals surface area contributed by atoms with Crippen LogP contribution in [0.25, 0.3) is 0 Å². The lowest BCUT2D eigenvalue weighted by Gasteiger charge is -2.20. The van der Waals surface area contributed by atoms with Crippen LogP contribution in [0.4, 0.5) is 5.69 Å². The Hall–Kier alpha value is -1.66. The molecule has 7 heteroatoms. The van der Waals surface area contributed by atoms with E-state index in [1.807, 2.05) is 11.8 Å². The van der Waals surface area contributed by atoms with Crippen LogP contribution in [0.1, 0.15) is 18.9 Å². The van der Waals surface area contributed by atoms with Crippen molar-refractivity contribution in [3.8, 4) is 0 Å². The summed E-state index contributed by atoms with van der Waals surface area (Å²) in [5.74, 6) is -0.366. The highest BCUT2D eigenvalue weighted by Crippen LogP contribution is 2.24. The van der Waals surface area contributed by atoms with Crippen LogP contribution in [0.5, 0.6) is 0 Å². The van der Waals surface area contributed by atoms with Crippen molar-refractivity contribution in [1.29, 1.82) is 0 Å². The number of rotatable bonds is 7. The zero-order chi connectivity index (χ0) is 15.1. The summed E-state index contributed by atoms with van der Waals surface area (Å²) in [6.45, 7) is 3.02. The average Bonchev–Trinajstić information content (AvgIpc) is 2.40. The molecule has 1 aromatic carbocycles. The zero-order valence-corrected chi connectivity index (χ0v) is 12.2. The van der Waals surface area contributed by atoms with Crippen molar-refractivity contribution in [2.45, 2.75) is 19.9 Å². The van der Waals surface area contributed by atoms with Crippen molar-refractivity contribution in [1.82, 2.24) is 4.90 Å². The standard InChI is InChI=1S/C13H17ClN2O4/c1-3-6-15(9-13(17)20-2)8-10-4-5-11(14)7-12(10)16(18)19/h4-5,7H,3,6,8-9H2,1-2H3. The van der Waals surface area contributed by atoms with Crippen LogP contribution in [0.15, 0.2) is 18.2 Å². The summed E-state index contributed by atoms with van der Waals surface area (Å²) >= 11 is 5.77. The van der Waals surface area contributed by atoms with E-state index >= 15 is 0 Å². The predicted molar refractivity (Wildman–Crippen MR) is 75.7 cm³/mol. The molecular weight excluding hydrogens is 284 g/mol. The van der Waals surface area contributed by atoms with Crippen LogP contribution >= 0.6 is 11.6 Å². The Morgan fingerprint density at radius 2 is 2.20 bits per heavy atom. The van der Waals surface area contributed by atoms with Crippen molar-refractivity contribution in [3.05, 3.63) is 38.9 Å². The molecule has 0 aromatic heterocycles. The van der Waals surface area contributed by atoms with Gasteiger partial charge in [-0.25, -0.2) is 0 Å². The topological polar surface area (TPSA) is 72.7 Å². The van der Waals surface area contributed by atoms with E-state index < -0.39 is 4.92 Å². The lowest BCUT2D eigenvalue weighted by molar-refractivity contribution is -0.385. The number of hydrogen-bond donors (Lipinski definition) is 0. The summed E-state index contributed by atoms with van der Waals surface area (Å²) in [5, 5.41) is 11.3. The third kappa shape index (κ3) is 4.79. The van der Waals surface area contributed by atoms with E-state index in [1.54, 1.807) is 12.1 Å². The third-order valence-electron chi connectivity index (χ3n) is 2.76. The fourth-order valence-corrected chi connectivity index (χ4v) is 2.03. The Balaban J connectivity index is 2.92. The number of carbonyl (C=O) groups excluding carboxylic acids is 1. The van der Waals surface area contributed by atoms with E-state index in [4.69, 9.17) is 11.6 Å². The van der Waals surface area contributed by atoms with Crippen LogP contribution in [-0.2, 0) is 16.1 Å². The molecule has 6 nitrogen and oxygen atoms in total. The van der Waals surface area contributed by atoms with E-state index in [9.17, 15) is 14.9 Å². The number of halogens is 1. The molecule has 0 unspecified atom stereocenters. The van der Waals surface area contributed by atoms with Crippen molar-refractivity contribution in [3.63, 3.8) is 0 Å². The predicted octanol–water partition coefficient (Wildman–Crippen LogP) is 2.63. The average molecular weight is 301 g/mol. The number of benzene rings is 1. The van der Waals surface area contributed by atoms with Crippen LogP contribution in [-0.4, -0.2) is 36.0 Å². The summed E-state index contributed by atoms with van der Waals surface area (Å²) in [5.41, 5.74) is 0.486. The molecule has 0 bridgehead atoms. The molecule has 1 rings (SSSR count). The minimum absolute atomic E-state index is 0.0385. The quantitative estimate of drug-likeness (QED) is 0.440. The van der Waals surface area contributed by atoms with Crippen molar-refractivity contribution in [2.24, 2.45) is 0 Å². The van der Waals surface area contributed by atoms with E-state index in [2.05, 4.69) is 4.74 Å². The van der Waals surface area contributed by atoms with Gasteiger partial charge in [-0.1, -0.05) is 18.5 Å². The van der Waals surface area contributed by atoms with Crippen molar-refractivity contribution < 1.29 is 14.5 Å². The SMILES string of the molecule is CCCN(CC(=O)OC)Cc1ccc(Cl)cc1[N+](=O)[O-]. The van der Waals surface area contributed by atoms with Gasteiger partial charge in [-0.05, 0) is 25.1 Å². The minimum Gasteiger partial charge on any atom is -0.468 e. The van der Waals surface area contributed by atoms with Crippen LogP contribution < -0.4 is 0 Å². The Morgan fingerprint density at radius 3 is 2.75 bits per heavy atom. The van der Waals surface area contributed by atoms with Gasteiger partial charge in [0, 0.05) is 23.2 Å². The number of nitro groups is 1. The summed E-state index contributed by atoms with van der Waals surface area (Å²) in [6, 6.07) is 4.53. The van der Waals surface area contributed by atoms with Gasteiger partial charge >= 0.3 is 5.97 Å². The summed E-state index contributed by atoms with van der Waals surface area (Å²) in [6.07, 6.45) is 0.832. The number of hydrogen-bond acceptors (Lipinski definition) is 5. The Labute approximate surface area is 122 Å². The first-order valence-corrected chi connectivity index (χ1v) is 6.57. The molecule has 0 aliphatic rings. The number of nitrogens with zero attached hydrogens (tertiary/aromatic N) is 2. The van der Waals surface area contributed by atoms with Crippen molar-refractivity contribution in [2.75, 3.05) is 20.2 Å². The van der Waals surface area contributed by atoms with E-state index in [1.165, 1.54) is 13.2 Å². The summed E-state index contributed by atoms with van der Waals surface area (Å²) < 4.78 is 4.63. The number of carbonyl (C=O) groups is 1. The van der Waals surface area contributed by atoms with E-state index in [0.29, 0.717) is 23.7 Å². The number of esters is 1. The largest absolute Gasteiger partial charge is 0.468 e. The number of nitro benzene ring substituents is 1. The van der Waals surface area contributed by atoms with Crippen LogP contribution in [0.2, 0.25) is 5.02 Å². The minimum atomic E-state index is -0.469. The molecule has 0 fully saturated rings. The second kappa shape index (κ2) is 7.81. The zero-order valence-electron chi connectivity index (χ0n) is 11.5. The molecule has 0 spiro atoms. The Morgan fingerprint density at radius 1 is 1.50 bits per heavy atom. The second-order valence-electron chi connectivity index (χ2n) is 4.32. The first-order valence-electron chi connectivity index (χ1n) is 6.20. The van der Waals surface area contributed by atoms with Gasteiger partial charge in [-0.3, -0.25) is 19.8 Å². The number of methoxy groups -OCH3 is 1. The highest BCUT2D eigenvalue weighted by molar-refractivity contribution is 6.30. The summed E-state index contributed by atoms with van der Waals surface area (Å²) in [7, 11) is 1.32. The van der Waals surface area contributed by atoms with Gasteiger partial charge in [0.15, 0.2) is 0 Å². The lowest BCUT2D eigenvalue weighted by atomic mass is 10.1. The molecule has 0 amide bonds. The molecule has 0 saturated carbocycles. The van der Waals surface area contributed by atoms with Gasteiger partial charge < -0.3 is 4.74 Å². The number of ether oxygens (including phenoxy) is 1. The molecular formula is C13H17ClN2O4. The highest BCUT2D eigenvalue weighted by atomic mass is 35.5. The molecule has 0 saturated heterocycles. The fraction of sp³-hybridized carbons (Fsp3) is 0.462. The molecule has 0 atom stereocenters. The van der Waals surface area contributed by atoms with E-state index in [0.717, 1.165) is 6.42 Å². The highest BCUT2D eigenvalue weighted by Gasteiger charge is 2.18. The monoisotopic (exact) mass is 300 g/mol. The van der Waals surface area contributed by atoms with Crippen LogP contribution in [0, 0.1) is 10.1 Å². The molecule has 110 valence electrons. The smallest absolute Gasteiger partial charge is 0.319 e. The first-order chi connectivity index (χ1) is 9.47. The molecule has 0 radical (unpaired) electrons. The van der Waals surface area contributed by atoms with Gasteiger partial charge in [0.25, 0.3) is 5.69 Å². The normalized spacial score (nSPS) is 10.6. The van der Waals surface area contributed by atoms with Gasteiger partial charge in [-0.15, -0.1) is 0 Å². The van der Waals surface area contributed by atoms with Gasteiger partial charge in [0.2, 0.25) is 0 Å². The molecule has 0 aliphatic carbocycles. The van der Waals surface area contributed by atoms with Gasteiger partial charge in [-0.2, -0.15) is 0 Å². The molecule has 0 aliphatic heterocycles. The van der Waals surface area contributed by atoms with Crippen LogP contribution in [0.3, 0.4) is 0 Å². The maximum absolute atomic E-state index is 11.3. The third-order valence-corrected chi connectivity index (χ3v) is 2.99. The fourth-order valence-electron chi connectivity index (χ4n) is 1.86. The second-order valence-corrected chi connectivity index (χ2v) is 4.75. The van der Waals surface area contributed by atoms with Crippen molar-refractivity contribution >= 4 is 23.3 Å². The molecule has 0 heterocycles.